The molecular formula is C9H10O. The van der Waals surface area contributed by atoms with Crippen molar-refractivity contribution < 1.29 is 5.11 Å². The summed E-state index contributed by atoms with van der Waals surface area (Å²) in [5, 5.41) is 8.41. The van der Waals surface area contributed by atoms with Crippen molar-refractivity contribution in [1.29, 1.82) is 0 Å². The maximum absolute atomic E-state index is 8.41. The molecule has 0 saturated carbocycles. The number of hydrogen-bond donors (Lipinski definition) is 1. The summed E-state index contributed by atoms with van der Waals surface area (Å²) in [7, 11) is 0. The fourth-order valence-electron chi connectivity index (χ4n) is 0.764. The van der Waals surface area contributed by atoms with Gasteiger partial charge in [-0.25, -0.2) is 0 Å². The van der Waals surface area contributed by atoms with Gasteiger partial charge in [0.25, 0.3) is 0 Å². The Bertz CT molecular complexity index is 221. The van der Waals surface area contributed by atoms with Crippen LogP contribution in [0, 0.1) is 6.92 Å². The summed E-state index contributed by atoms with van der Waals surface area (Å²) in [4.78, 5) is 0. The fourth-order valence-corrected chi connectivity index (χ4v) is 0.764. The van der Waals surface area contributed by atoms with E-state index in [1.807, 2.05) is 31.2 Å². The summed E-state index contributed by atoms with van der Waals surface area (Å²) < 4.78 is 0. The van der Waals surface area contributed by atoms with E-state index in [4.69, 9.17) is 5.11 Å². The van der Waals surface area contributed by atoms with Crippen LogP contribution in [0.3, 0.4) is 0 Å². The average Bonchev–Trinajstić information content (AvgIpc) is 1.95. The largest absolute Gasteiger partial charge is 0.516 e. The predicted octanol–water partition coefficient (Wildman–Crippen LogP) is 2.52. The molecule has 0 aliphatic rings. The lowest BCUT2D eigenvalue weighted by Gasteiger charge is -1.92. The third-order valence-electron chi connectivity index (χ3n) is 1.34. The second kappa shape index (κ2) is 3.06. The minimum atomic E-state index is 1.02. The van der Waals surface area contributed by atoms with Gasteiger partial charge in [0.05, 0.1) is 6.26 Å². The molecule has 1 rings (SSSR count). The van der Waals surface area contributed by atoms with Crippen molar-refractivity contribution in [2.75, 3.05) is 0 Å². The highest BCUT2D eigenvalue weighted by atomic mass is 16.2. The van der Waals surface area contributed by atoms with Crippen molar-refractivity contribution in [2.24, 2.45) is 0 Å². The first-order valence-electron chi connectivity index (χ1n) is 3.20. The number of rotatable bonds is 1. The monoisotopic (exact) mass is 134 g/mol. The van der Waals surface area contributed by atoms with Gasteiger partial charge >= 0.3 is 0 Å². The molecule has 1 aromatic rings. The predicted molar refractivity (Wildman–Crippen MR) is 42.8 cm³/mol. The van der Waals surface area contributed by atoms with Gasteiger partial charge in [-0.2, -0.15) is 0 Å². The molecule has 0 heterocycles. The highest BCUT2D eigenvalue weighted by Crippen LogP contribution is 2.03. The van der Waals surface area contributed by atoms with E-state index in [1.165, 1.54) is 5.56 Å². The van der Waals surface area contributed by atoms with E-state index >= 15 is 0 Å². The van der Waals surface area contributed by atoms with Gasteiger partial charge in [-0.05, 0) is 18.6 Å². The van der Waals surface area contributed by atoms with Crippen molar-refractivity contribution in [1.82, 2.24) is 0 Å². The minimum Gasteiger partial charge on any atom is -0.516 e. The molecule has 1 heteroatoms. The zero-order valence-corrected chi connectivity index (χ0v) is 5.91. The molecule has 0 unspecified atom stereocenters. The molecule has 1 N–H and O–H groups in total. The molecule has 10 heavy (non-hydrogen) atoms. The van der Waals surface area contributed by atoms with Crippen LogP contribution in [-0.4, -0.2) is 5.11 Å². The van der Waals surface area contributed by atoms with Crippen molar-refractivity contribution >= 4 is 6.08 Å². The first-order chi connectivity index (χ1) is 4.83. The van der Waals surface area contributed by atoms with E-state index in [2.05, 4.69) is 0 Å². The molecule has 0 fully saturated rings. The third-order valence-corrected chi connectivity index (χ3v) is 1.34. The van der Waals surface area contributed by atoms with E-state index in [9.17, 15) is 0 Å². The van der Waals surface area contributed by atoms with Gasteiger partial charge in [-0.3, -0.25) is 0 Å². The number of benzene rings is 1. The Hall–Kier alpha value is -1.24. The minimum absolute atomic E-state index is 1.02. The quantitative estimate of drug-likeness (QED) is 0.585. The topological polar surface area (TPSA) is 20.2 Å². The number of aliphatic hydroxyl groups excluding tert-OH is 1. The van der Waals surface area contributed by atoms with Crippen LogP contribution in [0.4, 0.5) is 0 Å². The summed E-state index contributed by atoms with van der Waals surface area (Å²) in [6.07, 6.45) is 2.70. The standard InChI is InChI=1S/C9H10O/c1-8-2-4-9(5-3-8)6-7-10/h2-7,10H,1H3/b7-6+. The lowest BCUT2D eigenvalue weighted by atomic mass is 10.1. The van der Waals surface area contributed by atoms with Gasteiger partial charge in [0.1, 0.15) is 0 Å². The van der Waals surface area contributed by atoms with Crippen LogP contribution < -0.4 is 0 Å². The molecule has 0 radical (unpaired) electrons. The number of aryl methyl sites for hydroxylation is 1. The molecule has 0 saturated heterocycles. The van der Waals surface area contributed by atoms with Crippen LogP contribution in [-0.2, 0) is 0 Å². The summed E-state index contributed by atoms with van der Waals surface area (Å²) in [5.74, 6) is 0. The Morgan fingerprint density at radius 3 is 2.30 bits per heavy atom. The van der Waals surface area contributed by atoms with Gasteiger partial charge in [-0.15, -0.1) is 0 Å². The molecule has 1 aromatic carbocycles. The molecule has 0 bridgehead atoms. The zero-order chi connectivity index (χ0) is 7.40. The summed E-state index contributed by atoms with van der Waals surface area (Å²) in [6.45, 7) is 2.03. The van der Waals surface area contributed by atoms with E-state index in [-0.39, 0.29) is 0 Å². The maximum Gasteiger partial charge on any atom is 0.0797 e. The van der Waals surface area contributed by atoms with E-state index in [0.717, 1.165) is 11.8 Å². The van der Waals surface area contributed by atoms with Crippen LogP contribution in [0.1, 0.15) is 11.1 Å². The second-order valence-corrected chi connectivity index (χ2v) is 2.23. The van der Waals surface area contributed by atoms with Crippen LogP contribution >= 0.6 is 0 Å². The lowest BCUT2D eigenvalue weighted by Crippen LogP contribution is -1.72. The van der Waals surface area contributed by atoms with Gasteiger partial charge < -0.3 is 5.11 Å². The Morgan fingerprint density at radius 1 is 1.20 bits per heavy atom. The smallest absolute Gasteiger partial charge is 0.0797 e. The molecular weight excluding hydrogens is 124 g/mol. The molecule has 1 nitrogen and oxygen atoms in total. The molecule has 0 aromatic heterocycles. The summed E-state index contributed by atoms with van der Waals surface area (Å²) in [6, 6.07) is 7.94. The Kier molecular flexibility index (Phi) is 2.11. The van der Waals surface area contributed by atoms with Gasteiger partial charge in [0.2, 0.25) is 0 Å². The molecule has 0 spiro atoms. The summed E-state index contributed by atoms with van der Waals surface area (Å²) >= 11 is 0. The Labute approximate surface area is 60.6 Å². The Balaban J connectivity index is 2.89. The highest BCUT2D eigenvalue weighted by molar-refractivity contribution is 5.48. The fraction of sp³-hybridized carbons (Fsp3) is 0.111. The second-order valence-electron chi connectivity index (χ2n) is 2.23. The first kappa shape index (κ1) is 6.87. The van der Waals surface area contributed by atoms with Crippen LogP contribution in [0.25, 0.3) is 6.08 Å². The van der Waals surface area contributed by atoms with E-state index in [1.54, 1.807) is 6.08 Å². The summed E-state index contributed by atoms with van der Waals surface area (Å²) in [5.41, 5.74) is 2.25. The van der Waals surface area contributed by atoms with Crippen molar-refractivity contribution in [3.63, 3.8) is 0 Å². The van der Waals surface area contributed by atoms with E-state index < -0.39 is 0 Å². The van der Waals surface area contributed by atoms with Crippen molar-refractivity contribution in [3.8, 4) is 0 Å². The van der Waals surface area contributed by atoms with Gasteiger partial charge in [-0.1, -0.05) is 29.8 Å². The number of aliphatic hydroxyl groups is 1. The molecule has 0 aliphatic heterocycles. The molecule has 0 aliphatic carbocycles. The SMILES string of the molecule is Cc1ccc(/C=C/O)cc1. The van der Waals surface area contributed by atoms with Gasteiger partial charge in [0.15, 0.2) is 0 Å². The van der Waals surface area contributed by atoms with Crippen molar-refractivity contribution in [3.05, 3.63) is 41.7 Å². The molecule has 52 valence electrons. The molecule has 0 atom stereocenters. The zero-order valence-electron chi connectivity index (χ0n) is 5.91. The molecule has 0 amide bonds. The first-order valence-corrected chi connectivity index (χ1v) is 3.20. The highest BCUT2D eigenvalue weighted by Gasteiger charge is 1.83. The maximum atomic E-state index is 8.41. The van der Waals surface area contributed by atoms with Crippen LogP contribution in [0.15, 0.2) is 30.5 Å². The van der Waals surface area contributed by atoms with Crippen molar-refractivity contribution in [2.45, 2.75) is 6.92 Å². The van der Waals surface area contributed by atoms with Crippen LogP contribution in [0.5, 0.6) is 0 Å². The van der Waals surface area contributed by atoms with E-state index in [0.29, 0.717) is 0 Å². The van der Waals surface area contributed by atoms with Gasteiger partial charge in [0, 0.05) is 0 Å². The third kappa shape index (κ3) is 1.62. The Morgan fingerprint density at radius 2 is 1.80 bits per heavy atom. The van der Waals surface area contributed by atoms with Crippen LogP contribution in [0.2, 0.25) is 0 Å². The normalized spacial score (nSPS) is 10.5. The number of hydrogen-bond acceptors (Lipinski definition) is 1. The average molecular weight is 134 g/mol. The lowest BCUT2D eigenvalue weighted by molar-refractivity contribution is 0.478.